The van der Waals surface area contributed by atoms with Crippen molar-refractivity contribution in [1.82, 2.24) is 10.2 Å². The first-order chi connectivity index (χ1) is 9.00. The van der Waals surface area contributed by atoms with Crippen molar-refractivity contribution in [3.05, 3.63) is 35.9 Å². The van der Waals surface area contributed by atoms with Gasteiger partial charge in [0, 0.05) is 20.1 Å². The Kier molecular flexibility index (Phi) is 5.85. The third kappa shape index (κ3) is 5.42. The van der Waals surface area contributed by atoms with E-state index in [1.165, 1.54) is 4.90 Å². The molecule has 0 aliphatic rings. The zero-order valence-corrected chi connectivity index (χ0v) is 11.3. The third-order valence-corrected chi connectivity index (χ3v) is 2.94. The number of carboxylic acids is 1. The lowest BCUT2D eigenvalue weighted by Gasteiger charge is -2.19. The van der Waals surface area contributed by atoms with Gasteiger partial charge in [-0.1, -0.05) is 37.3 Å². The number of rotatable bonds is 6. The van der Waals surface area contributed by atoms with E-state index in [0.717, 1.165) is 5.56 Å². The summed E-state index contributed by atoms with van der Waals surface area (Å²) in [5, 5.41) is 11.4. The van der Waals surface area contributed by atoms with E-state index < -0.39 is 5.97 Å². The number of carbonyl (C=O) groups excluding carboxylic acids is 1. The molecular weight excluding hydrogens is 244 g/mol. The van der Waals surface area contributed by atoms with E-state index in [1.807, 2.05) is 37.3 Å². The third-order valence-electron chi connectivity index (χ3n) is 2.94. The molecule has 104 valence electrons. The molecule has 0 radical (unpaired) electrons. The first-order valence-electron chi connectivity index (χ1n) is 6.26. The molecule has 0 fully saturated rings. The largest absolute Gasteiger partial charge is 0.481 e. The van der Waals surface area contributed by atoms with E-state index in [4.69, 9.17) is 5.11 Å². The molecule has 5 nitrogen and oxygen atoms in total. The van der Waals surface area contributed by atoms with Crippen molar-refractivity contribution in [3.8, 4) is 0 Å². The molecule has 0 aliphatic heterocycles. The average Bonchev–Trinajstić information content (AvgIpc) is 2.42. The monoisotopic (exact) mass is 264 g/mol. The maximum Gasteiger partial charge on any atom is 0.317 e. The van der Waals surface area contributed by atoms with Crippen molar-refractivity contribution in [2.24, 2.45) is 0 Å². The van der Waals surface area contributed by atoms with E-state index in [0.29, 0.717) is 6.54 Å². The van der Waals surface area contributed by atoms with Crippen LogP contribution in [0.15, 0.2) is 30.3 Å². The Morgan fingerprint density at radius 1 is 1.32 bits per heavy atom. The molecule has 0 bridgehead atoms. The smallest absolute Gasteiger partial charge is 0.317 e. The second-order valence-electron chi connectivity index (χ2n) is 4.56. The second-order valence-corrected chi connectivity index (χ2v) is 4.56. The summed E-state index contributed by atoms with van der Waals surface area (Å²) < 4.78 is 0. The molecule has 2 N–H and O–H groups in total. The molecule has 0 heterocycles. The highest BCUT2D eigenvalue weighted by molar-refractivity contribution is 5.75. The highest BCUT2D eigenvalue weighted by atomic mass is 16.4. The van der Waals surface area contributed by atoms with Crippen LogP contribution in [0.3, 0.4) is 0 Å². The van der Waals surface area contributed by atoms with Crippen molar-refractivity contribution in [2.45, 2.75) is 19.3 Å². The number of amides is 2. The molecule has 5 heteroatoms. The molecule has 0 spiro atoms. The van der Waals surface area contributed by atoms with Crippen molar-refractivity contribution in [3.63, 3.8) is 0 Å². The van der Waals surface area contributed by atoms with Crippen LogP contribution in [0, 0.1) is 0 Å². The van der Waals surface area contributed by atoms with Crippen molar-refractivity contribution in [2.75, 3.05) is 20.1 Å². The van der Waals surface area contributed by atoms with Crippen LogP contribution in [0.25, 0.3) is 0 Å². The van der Waals surface area contributed by atoms with Crippen LogP contribution in [0.1, 0.15) is 24.8 Å². The first-order valence-corrected chi connectivity index (χ1v) is 6.26. The van der Waals surface area contributed by atoms with E-state index in [2.05, 4.69) is 5.32 Å². The molecule has 2 amide bonds. The van der Waals surface area contributed by atoms with Gasteiger partial charge in [0.2, 0.25) is 0 Å². The number of carbonyl (C=O) groups is 2. The lowest BCUT2D eigenvalue weighted by atomic mass is 10.0. The fraction of sp³-hybridized carbons (Fsp3) is 0.429. The number of aliphatic carboxylic acids is 1. The van der Waals surface area contributed by atoms with Crippen molar-refractivity contribution < 1.29 is 14.7 Å². The predicted octanol–water partition coefficient (Wildman–Crippen LogP) is 1.91. The summed E-state index contributed by atoms with van der Waals surface area (Å²) in [4.78, 5) is 23.5. The summed E-state index contributed by atoms with van der Waals surface area (Å²) >= 11 is 0. The SMILES string of the molecule is CC(CNC(=O)N(C)CCC(=O)O)c1ccccc1. The highest BCUT2D eigenvalue weighted by Crippen LogP contribution is 2.12. The zero-order valence-electron chi connectivity index (χ0n) is 11.3. The number of hydrogen-bond acceptors (Lipinski definition) is 2. The average molecular weight is 264 g/mol. The number of hydrogen-bond donors (Lipinski definition) is 2. The highest BCUT2D eigenvalue weighted by Gasteiger charge is 2.11. The van der Waals surface area contributed by atoms with Crippen LogP contribution in [0.2, 0.25) is 0 Å². The Labute approximate surface area is 113 Å². The first kappa shape index (κ1) is 15.0. The number of nitrogens with one attached hydrogen (secondary N) is 1. The van der Waals surface area contributed by atoms with E-state index >= 15 is 0 Å². The van der Waals surface area contributed by atoms with Gasteiger partial charge in [-0.05, 0) is 11.5 Å². The van der Waals surface area contributed by atoms with Gasteiger partial charge in [-0.15, -0.1) is 0 Å². The van der Waals surface area contributed by atoms with Gasteiger partial charge in [-0.3, -0.25) is 4.79 Å². The Bertz CT molecular complexity index is 420. The minimum absolute atomic E-state index is 0.0435. The van der Waals surface area contributed by atoms with Crippen LogP contribution in [-0.4, -0.2) is 42.1 Å². The van der Waals surface area contributed by atoms with Gasteiger partial charge < -0.3 is 15.3 Å². The van der Waals surface area contributed by atoms with Crippen molar-refractivity contribution >= 4 is 12.0 Å². The summed E-state index contributed by atoms with van der Waals surface area (Å²) in [5.41, 5.74) is 1.16. The molecule has 19 heavy (non-hydrogen) atoms. The summed E-state index contributed by atoms with van der Waals surface area (Å²) in [5.74, 6) is -0.685. The summed E-state index contributed by atoms with van der Waals surface area (Å²) in [7, 11) is 1.59. The number of urea groups is 1. The standard InChI is InChI=1S/C14H20N2O3/c1-11(12-6-4-3-5-7-12)10-15-14(19)16(2)9-8-13(17)18/h3-7,11H,8-10H2,1-2H3,(H,15,19)(H,17,18). The number of nitrogens with zero attached hydrogens (tertiary/aromatic N) is 1. The fourth-order valence-corrected chi connectivity index (χ4v) is 1.64. The molecule has 1 atom stereocenters. The fourth-order valence-electron chi connectivity index (χ4n) is 1.64. The number of benzene rings is 1. The van der Waals surface area contributed by atoms with Gasteiger partial charge in [0.25, 0.3) is 0 Å². The Hall–Kier alpha value is -2.04. The van der Waals surface area contributed by atoms with E-state index in [-0.39, 0.29) is 24.9 Å². The normalized spacial score (nSPS) is 11.7. The topological polar surface area (TPSA) is 69.6 Å². The Morgan fingerprint density at radius 3 is 2.53 bits per heavy atom. The van der Waals surface area contributed by atoms with E-state index in [1.54, 1.807) is 7.05 Å². The summed E-state index contributed by atoms with van der Waals surface area (Å²) in [6.45, 7) is 2.77. The number of carboxylic acid groups (broad SMARTS) is 1. The quantitative estimate of drug-likeness (QED) is 0.824. The van der Waals surface area contributed by atoms with Gasteiger partial charge in [-0.2, -0.15) is 0 Å². The zero-order chi connectivity index (χ0) is 14.3. The van der Waals surface area contributed by atoms with Crippen LogP contribution >= 0.6 is 0 Å². The molecule has 1 rings (SSSR count). The summed E-state index contributed by atoms with van der Waals surface area (Å²) in [6.07, 6.45) is -0.0435. The molecule has 1 aromatic rings. The van der Waals surface area contributed by atoms with Crippen LogP contribution in [0.4, 0.5) is 4.79 Å². The van der Waals surface area contributed by atoms with E-state index in [9.17, 15) is 9.59 Å². The van der Waals surface area contributed by atoms with Crippen LogP contribution < -0.4 is 5.32 Å². The second kappa shape index (κ2) is 7.41. The maximum absolute atomic E-state index is 11.7. The lowest BCUT2D eigenvalue weighted by Crippen LogP contribution is -2.39. The Balaban J connectivity index is 2.35. The van der Waals surface area contributed by atoms with Gasteiger partial charge in [0.15, 0.2) is 0 Å². The molecule has 0 aromatic heterocycles. The van der Waals surface area contributed by atoms with Crippen LogP contribution in [0.5, 0.6) is 0 Å². The molecule has 1 unspecified atom stereocenters. The summed E-state index contributed by atoms with van der Waals surface area (Å²) in [6, 6.07) is 9.67. The molecule has 0 saturated carbocycles. The van der Waals surface area contributed by atoms with Gasteiger partial charge in [0.05, 0.1) is 6.42 Å². The molecule has 1 aromatic carbocycles. The minimum Gasteiger partial charge on any atom is -0.481 e. The molecule has 0 aliphatic carbocycles. The predicted molar refractivity (Wildman–Crippen MR) is 73.1 cm³/mol. The van der Waals surface area contributed by atoms with Crippen molar-refractivity contribution in [1.29, 1.82) is 0 Å². The minimum atomic E-state index is -0.905. The van der Waals surface area contributed by atoms with Gasteiger partial charge in [0.1, 0.15) is 0 Å². The molecular formula is C14H20N2O3. The molecule has 0 saturated heterocycles. The lowest BCUT2D eigenvalue weighted by molar-refractivity contribution is -0.137. The van der Waals surface area contributed by atoms with Gasteiger partial charge >= 0.3 is 12.0 Å². The van der Waals surface area contributed by atoms with Crippen LogP contribution in [-0.2, 0) is 4.79 Å². The van der Waals surface area contributed by atoms with Gasteiger partial charge in [-0.25, -0.2) is 4.79 Å². The Morgan fingerprint density at radius 2 is 1.95 bits per heavy atom. The maximum atomic E-state index is 11.7.